The van der Waals surface area contributed by atoms with Crippen LogP contribution >= 0.6 is 0 Å². The van der Waals surface area contributed by atoms with Crippen LogP contribution in [0.4, 0.5) is 11.4 Å². The van der Waals surface area contributed by atoms with Gasteiger partial charge in [0.05, 0.1) is 23.3 Å². The molecule has 0 unspecified atom stereocenters. The zero-order valence-electron chi connectivity index (χ0n) is 14.5. The van der Waals surface area contributed by atoms with E-state index in [4.69, 9.17) is 9.47 Å². The van der Waals surface area contributed by atoms with Crippen molar-refractivity contribution in [3.8, 4) is 5.75 Å². The summed E-state index contributed by atoms with van der Waals surface area (Å²) in [6, 6.07) is 10.7. The van der Waals surface area contributed by atoms with Gasteiger partial charge in [-0.25, -0.2) is 4.79 Å². The Morgan fingerprint density at radius 2 is 1.88 bits per heavy atom. The lowest BCUT2D eigenvalue weighted by molar-refractivity contribution is -0.385. The molecule has 1 atom stereocenters. The van der Waals surface area contributed by atoms with E-state index < -0.39 is 22.9 Å². The van der Waals surface area contributed by atoms with Gasteiger partial charge in [-0.15, -0.1) is 0 Å². The van der Waals surface area contributed by atoms with Gasteiger partial charge in [0.25, 0.3) is 11.6 Å². The molecule has 0 aromatic heterocycles. The Morgan fingerprint density at radius 3 is 2.50 bits per heavy atom. The number of hydrogen-bond donors (Lipinski definition) is 1. The van der Waals surface area contributed by atoms with Crippen molar-refractivity contribution in [2.45, 2.75) is 20.0 Å². The van der Waals surface area contributed by atoms with E-state index in [9.17, 15) is 19.7 Å². The van der Waals surface area contributed by atoms with Crippen molar-refractivity contribution in [2.75, 3.05) is 12.4 Å². The average Bonchev–Trinajstić information content (AvgIpc) is 2.61. The number of rotatable bonds is 6. The number of esters is 1. The number of amides is 1. The SMILES string of the molecule is COc1ccccc1NC(=O)[C@H](C)OC(=O)c1ccc([N+](=O)[O-])c(C)c1. The van der Waals surface area contributed by atoms with Crippen LogP contribution in [0.3, 0.4) is 0 Å². The summed E-state index contributed by atoms with van der Waals surface area (Å²) >= 11 is 0. The van der Waals surface area contributed by atoms with E-state index in [2.05, 4.69) is 5.32 Å². The standard InChI is InChI=1S/C18H18N2O6/c1-11-10-13(8-9-15(11)20(23)24)18(22)26-12(2)17(21)19-14-6-4-5-7-16(14)25-3/h4-10,12H,1-3H3,(H,19,21)/t12-/m0/s1. The summed E-state index contributed by atoms with van der Waals surface area (Å²) in [4.78, 5) is 34.7. The van der Waals surface area contributed by atoms with Crippen LogP contribution in [0, 0.1) is 17.0 Å². The maximum absolute atomic E-state index is 12.2. The van der Waals surface area contributed by atoms with Gasteiger partial charge in [-0.05, 0) is 38.1 Å². The molecule has 0 radical (unpaired) electrons. The topological polar surface area (TPSA) is 108 Å². The number of nitro groups is 1. The van der Waals surface area contributed by atoms with Crippen LogP contribution in [0.25, 0.3) is 0 Å². The van der Waals surface area contributed by atoms with Gasteiger partial charge in [0.1, 0.15) is 5.75 Å². The number of aryl methyl sites for hydroxylation is 1. The monoisotopic (exact) mass is 358 g/mol. The first-order chi connectivity index (χ1) is 12.3. The second-order valence-corrected chi connectivity index (χ2v) is 5.50. The third-order valence-electron chi connectivity index (χ3n) is 3.65. The Labute approximate surface area is 149 Å². The molecule has 0 aliphatic heterocycles. The van der Waals surface area contributed by atoms with Gasteiger partial charge in [-0.1, -0.05) is 12.1 Å². The number of carbonyl (C=O) groups is 2. The second kappa shape index (κ2) is 8.11. The first-order valence-corrected chi connectivity index (χ1v) is 7.73. The summed E-state index contributed by atoms with van der Waals surface area (Å²) in [5.41, 5.74) is 0.818. The van der Waals surface area contributed by atoms with Gasteiger partial charge in [-0.2, -0.15) is 0 Å². The van der Waals surface area contributed by atoms with Crippen LogP contribution in [0.2, 0.25) is 0 Å². The lowest BCUT2D eigenvalue weighted by Crippen LogP contribution is -2.30. The Bertz CT molecular complexity index is 849. The number of hydrogen-bond acceptors (Lipinski definition) is 6. The van der Waals surface area contributed by atoms with Crippen molar-refractivity contribution in [2.24, 2.45) is 0 Å². The highest BCUT2D eigenvalue weighted by Gasteiger charge is 2.21. The summed E-state index contributed by atoms with van der Waals surface area (Å²) in [5, 5.41) is 13.4. The highest BCUT2D eigenvalue weighted by atomic mass is 16.6. The second-order valence-electron chi connectivity index (χ2n) is 5.50. The number of carbonyl (C=O) groups excluding carboxylic acids is 2. The van der Waals surface area contributed by atoms with Crippen molar-refractivity contribution in [3.63, 3.8) is 0 Å². The fraction of sp³-hybridized carbons (Fsp3) is 0.222. The van der Waals surface area contributed by atoms with Gasteiger partial charge in [0, 0.05) is 11.6 Å². The fourth-order valence-corrected chi connectivity index (χ4v) is 2.25. The number of nitrogens with one attached hydrogen (secondary N) is 1. The zero-order valence-corrected chi connectivity index (χ0v) is 14.5. The number of anilines is 1. The lowest BCUT2D eigenvalue weighted by atomic mass is 10.1. The Morgan fingerprint density at radius 1 is 1.19 bits per heavy atom. The van der Waals surface area contributed by atoms with Crippen molar-refractivity contribution >= 4 is 23.3 Å². The molecule has 1 N–H and O–H groups in total. The summed E-state index contributed by atoms with van der Waals surface area (Å²) in [6.07, 6.45) is -1.07. The average molecular weight is 358 g/mol. The molecule has 0 saturated heterocycles. The van der Waals surface area contributed by atoms with E-state index >= 15 is 0 Å². The quantitative estimate of drug-likeness (QED) is 0.483. The molecule has 2 rings (SSSR count). The Balaban J connectivity index is 2.05. The van der Waals surface area contributed by atoms with E-state index in [1.54, 1.807) is 24.3 Å². The van der Waals surface area contributed by atoms with Crippen LogP contribution in [0.1, 0.15) is 22.8 Å². The van der Waals surface area contributed by atoms with Gasteiger partial charge >= 0.3 is 5.97 Å². The molecule has 0 aliphatic rings. The van der Waals surface area contributed by atoms with Gasteiger partial charge in [-0.3, -0.25) is 14.9 Å². The van der Waals surface area contributed by atoms with E-state index in [1.807, 2.05) is 0 Å². The van der Waals surface area contributed by atoms with Gasteiger partial charge < -0.3 is 14.8 Å². The molecule has 0 bridgehead atoms. The summed E-state index contributed by atoms with van der Waals surface area (Å²) in [6.45, 7) is 2.95. The number of benzene rings is 2. The molecule has 0 heterocycles. The smallest absolute Gasteiger partial charge is 0.338 e. The van der Waals surface area contributed by atoms with Gasteiger partial charge in [0.15, 0.2) is 6.10 Å². The van der Waals surface area contributed by atoms with Gasteiger partial charge in [0.2, 0.25) is 0 Å². The highest BCUT2D eigenvalue weighted by Crippen LogP contribution is 2.23. The van der Waals surface area contributed by atoms with Crippen LogP contribution in [-0.2, 0) is 9.53 Å². The molecule has 8 nitrogen and oxygen atoms in total. The first-order valence-electron chi connectivity index (χ1n) is 7.73. The minimum atomic E-state index is -1.07. The molecule has 0 saturated carbocycles. The molecule has 0 spiro atoms. The number of ether oxygens (including phenoxy) is 2. The van der Waals surface area contributed by atoms with E-state index in [0.717, 1.165) is 0 Å². The lowest BCUT2D eigenvalue weighted by Gasteiger charge is -2.15. The van der Waals surface area contributed by atoms with Crippen LogP contribution in [-0.4, -0.2) is 30.0 Å². The van der Waals surface area contributed by atoms with Crippen LogP contribution in [0.5, 0.6) is 5.75 Å². The maximum Gasteiger partial charge on any atom is 0.338 e. The van der Waals surface area contributed by atoms with Crippen molar-refractivity contribution < 1.29 is 24.0 Å². The molecule has 136 valence electrons. The van der Waals surface area contributed by atoms with E-state index in [-0.39, 0.29) is 11.3 Å². The summed E-state index contributed by atoms with van der Waals surface area (Å²) in [7, 11) is 1.48. The van der Waals surface area contributed by atoms with Crippen LogP contribution in [0.15, 0.2) is 42.5 Å². The Kier molecular flexibility index (Phi) is 5.90. The third-order valence-corrected chi connectivity index (χ3v) is 3.65. The fourth-order valence-electron chi connectivity index (χ4n) is 2.25. The van der Waals surface area contributed by atoms with E-state index in [1.165, 1.54) is 39.2 Å². The molecule has 8 heteroatoms. The molecule has 2 aromatic rings. The molecule has 1 amide bonds. The molecule has 26 heavy (non-hydrogen) atoms. The summed E-state index contributed by atoms with van der Waals surface area (Å²) in [5.74, 6) is -0.794. The molecule has 2 aromatic carbocycles. The molecular formula is C18H18N2O6. The largest absolute Gasteiger partial charge is 0.495 e. The Hall–Kier alpha value is -3.42. The first kappa shape index (κ1) is 18.9. The minimum absolute atomic E-state index is 0.0940. The number of methoxy groups -OCH3 is 1. The molecule has 0 fully saturated rings. The maximum atomic E-state index is 12.2. The van der Waals surface area contributed by atoms with Crippen molar-refractivity contribution in [1.82, 2.24) is 0 Å². The molecular weight excluding hydrogens is 340 g/mol. The summed E-state index contributed by atoms with van der Waals surface area (Å²) < 4.78 is 10.3. The normalized spacial score (nSPS) is 11.3. The number of nitrogens with zero attached hydrogens (tertiary/aromatic N) is 1. The number of para-hydroxylation sites is 2. The van der Waals surface area contributed by atoms with E-state index in [0.29, 0.717) is 17.0 Å². The van der Waals surface area contributed by atoms with Crippen molar-refractivity contribution in [1.29, 1.82) is 0 Å². The highest BCUT2D eigenvalue weighted by molar-refractivity contribution is 5.98. The van der Waals surface area contributed by atoms with Crippen molar-refractivity contribution in [3.05, 3.63) is 63.7 Å². The number of nitro benzene ring substituents is 1. The third kappa shape index (κ3) is 4.35. The predicted molar refractivity (Wildman–Crippen MR) is 94.3 cm³/mol. The predicted octanol–water partition coefficient (Wildman–Crippen LogP) is 3.10. The van der Waals surface area contributed by atoms with Crippen LogP contribution < -0.4 is 10.1 Å². The minimum Gasteiger partial charge on any atom is -0.495 e. The molecule has 0 aliphatic carbocycles. The zero-order chi connectivity index (χ0) is 19.3.